The summed E-state index contributed by atoms with van der Waals surface area (Å²) in [6.07, 6.45) is 7.96. The molecule has 0 bridgehead atoms. The molecule has 23 heavy (non-hydrogen) atoms. The number of nitrogens with zero attached hydrogens (tertiary/aromatic N) is 4. The maximum Gasteiger partial charge on any atom is 0.250 e. The highest BCUT2D eigenvalue weighted by Crippen LogP contribution is 2.20. The molecule has 3 rings (SSSR count). The van der Waals surface area contributed by atoms with Gasteiger partial charge in [0.15, 0.2) is 5.82 Å². The van der Waals surface area contributed by atoms with E-state index in [1.165, 1.54) is 6.07 Å². The Kier molecular flexibility index (Phi) is 5.12. The highest BCUT2D eigenvalue weighted by molar-refractivity contribution is 5.13. The SMILES string of the molecule is CCc1ncc(CN2CCC(Oc3ncccc3F)CC2)cn1. The molecule has 0 N–H and O–H groups in total. The number of likely N-dealkylation sites (tertiary alicyclic amines) is 1. The Morgan fingerprint density at radius 3 is 2.61 bits per heavy atom. The van der Waals surface area contributed by atoms with E-state index < -0.39 is 5.82 Å². The molecule has 2 aromatic heterocycles. The maximum atomic E-state index is 13.6. The standard InChI is InChI=1S/C17H21FN4O/c1-2-16-20-10-13(11-21-16)12-22-8-5-14(6-9-22)23-17-15(18)4-3-7-19-17/h3-4,7,10-11,14H,2,5-6,8-9,12H2,1H3. The first kappa shape index (κ1) is 15.8. The molecule has 0 spiro atoms. The highest BCUT2D eigenvalue weighted by Gasteiger charge is 2.22. The van der Waals surface area contributed by atoms with Crippen LogP contribution in [0.3, 0.4) is 0 Å². The molecule has 0 saturated carbocycles. The summed E-state index contributed by atoms with van der Waals surface area (Å²) in [5.74, 6) is 0.579. The lowest BCUT2D eigenvalue weighted by Gasteiger charge is -2.31. The lowest BCUT2D eigenvalue weighted by atomic mass is 10.1. The number of aryl methyl sites for hydroxylation is 1. The van der Waals surface area contributed by atoms with Crippen molar-refractivity contribution in [2.45, 2.75) is 38.8 Å². The summed E-state index contributed by atoms with van der Waals surface area (Å²) in [7, 11) is 0. The van der Waals surface area contributed by atoms with Gasteiger partial charge in [0.2, 0.25) is 0 Å². The van der Waals surface area contributed by atoms with Crippen molar-refractivity contribution in [3.05, 3.63) is 47.9 Å². The van der Waals surface area contributed by atoms with E-state index in [0.29, 0.717) is 0 Å². The molecular formula is C17H21FN4O. The molecule has 2 aromatic rings. The number of hydrogen-bond acceptors (Lipinski definition) is 5. The van der Waals surface area contributed by atoms with Gasteiger partial charge in [-0.2, -0.15) is 0 Å². The van der Waals surface area contributed by atoms with Gasteiger partial charge >= 0.3 is 0 Å². The Hall–Kier alpha value is -2.08. The smallest absolute Gasteiger partial charge is 0.250 e. The summed E-state index contributed by atoms with van der Waals surface area (Å²) >= 11 is 0. The summed E-state index contributed by atoms with van der Waals surface area (Å²) in [6, 6.07) is 2.94. The average molecular weight is 316 g/mol. The van der Waals surface area contributed by atoms with Gasteiger partial charge in [0.25, 0.3) is 5.88 Å². The molecular weight excluding hydrogens is 295 g/mol. The fourth-order valence-corrected chi connectivity index (χ4v) is 2.70. The molecule has 3 heterocycles. The lowest BCUT2D eigenvalue weighted by molar-refractivity contribution is 0.0895. The molecule has 6 heteroatoms. The van der Waals surface area contributed by atoms with E-state index >= 15 is 0 Å². The first-order valence-electron chi connectivity index (χ1n) is 8.04. The minimum Gasteiger partial charge on any atom is -0.472 e. The summed E-state index contributed by atoms with van der Waals surface area (Å²) in [6.45, 7) is 4.71. The molecule has 0 aliphatic carbocycles. The van der Waals surface area contributed by atoms with Crippen molar-refractivity contribution in [2.75, 3.05) is 13.1 Å². The topological polar surface area (TPSA) is 51.1 Å². The number of piperidine rings is 1. The second-order valence-corrected chi connectivity index (χ2v) is 5.74. The Labute approximate surface area is 135 Å². The molecule has 0 radical (unpaired) electrons. The number of aromatic nitrogens is 3. The van der Waals surface area contributed by atoms with E-state index in [0.717, 1.165) is 50.3 Å². The Balaban J connectivity index is 1.49. The van der Waals surface area contributed by atoms with E-state index in [4.69, 9.17) is 4.74 Å². The molecule has 1 fully saturated rings. The van der Waals surface area contributed by atoms with Crippen LogP contribution in [-0.2, 0) is 13.0 Å². The normalized spacial score (nSPS) is 16.4. The molecule has 0 atom stereocenters. The van der Waals surface area contributed by atoms with Gasteiger partial charge in [0.05, 0.1) is 0 Å². The fourth-order valence-electron chi connectivity index (χ4n) is 2.70. The molecule has 0 amide bonds. The molecule has 5 nitrogen and oxygen atoms in total. The van der Waals surface area contributed by atoms with Crippen molar-refractivity contribution in [3.8, 4) is 5.88 Å². The second kappa shape index (κ2) is 7.46. The van der Waals surface area contributed by atoms with E-state index in [2.05, 4.69) is 19.9 Å². The van der Waals surface area contributed by atoms with Gasteiger partial charge < -0.3 is 4.74 Å². The van der Waals surface area contributed by atoms with Crippen LogP contribution in [0.25, 0.3) is 0 Å². The van der Waals surface area contributed by atoms with E-state index in [9.17, 15) is 4.39 Å². The van der Waals surface area contributed by atoms with Crippen molar-refractivity contribution >= 4 is 0 Å². The minimum absolute atomic E-state index is 0.0226. The highest BCUT2D eigenvalue weighted by atomic mass is 19.1. The van der Waals surface area contributed by atoms with Gasteiger partial charge in [0, 0.05) is 50.2 Å². The van der Waals surface area contributed by atoms with Crippen LogP contribution < -0.4 is 4.74 Å². The number of ether oxygens (including phenoxy) is 1. The Morgan fingerprint density at radius 1 is 1.22 bits per heavy atom. The first-order valence-corrected chi connectivity index (χ1v) is 8.04. The lowest BCUT2D eigenvalue weighted by Crippen LogP contribution is -2.38. The van der Waals surface area contributed by atoms with Crippen LogP contribution >= 0.6 is 0 Å². The van der Waals surface area contributed by atoms with Gasteiger partial charge in [-0.1, -0.05) is 6.92 Å². The van der Waals surface area contributed by atoms with Crippen molar-refractivity contribution in [2.24, 2.45) is 0 Å². The predicted molar refractivity (Wildman–Crippen MR) is 84.5 cm³/mol. The quantitative estimate of drug-likeness (QED) is 0.849. The monoisotopic (exact) mass is 316 g/mol. The van der Waals surface area contributed by atoms with E-state index in [1.54, 1.807) is 12.3 Å². The summed E-state index contributed by atoms with van der Waals surface area (Å²) in [5, 5.41) is 0. The molecule has 1 aliphatic heterocycles. The maximum absolute atomic E-state index is 13.6. The van der Waals surface area contributed by atoms with Crippen molar-refractivity contribution in [3.63, 3.8) is 0 Å². The molecule has 1 saturated heterocycles. The molecule has 0 aromatic carbocycles. The zero-order chi connectivity index (χ0) is 16.1. The van der Waals surface area contributed by atoms with Crippen LogP contribution in [-0.4, -0.2) is 39.0 Å². The molecule has 122 valence electrons. The van der Waals surface area contributed by atoms with Crippen molar-refractivity contribution in [1.29, 1.82) is 0 Å². The Bertz CT molecular complexity index is 627. The van der Waals surface area contributed by atoms with Crippen molar-refractivity contribution in [1.82, 2.24) is 19.9 Å². The number of pyridine rings is 1. The average Bonchev–Trinajstić information content (AvgIpc) is 2.59. The van der Waals surface area contributed by atoms with Crippen LogP contribution in [0.2, 0.25) is 0 Å². The van der Waals surface area contributed by atoms with Gasteiger partial charge in [-0.15, -0.1) is 0 Å². The van der Waals surface area contributed by atoms with Crippen molar-refractivity contribution < 1.29 is 9.13 Å². The van der Waals surface area contributed by atoms with Gasteiger partial charge in [0.1, 0.15) is 11.9 Å². The Morgan fingerprint density at radius 2 is 1.96 bits per heavy atom. The van der Waals surface area contributed by atoms with Gasteiger partial charge in [-0.3, -0.25) is 4.90 Å². The largest absolute Gasteiger partial charge is 0.472 e. The third-order valence-corrected chi connectivity index (χ3v) is 4.02. The van der Waals surface area contributed by atoms with Crippen LogP contribution in [0.4, 0.5) is 4.39 Å². The van der Waals surface area contributed by atoms with E-state index in [-0.39, 0.29) is 12.0 Å². The number of halogens is 1. The van der Waals surface area contributed by atoms with E-state index in [1.807, 2.05) is 19.3 Å². The molecule has 1 aliphatic rings. The predicted octanol–water partition coefficient (Wildman–Crippen LogP) is 2.62. The summed E-state index contributed by atoms with van der Waals surface area (Å²) in [4.78, 5) is 15.0. The first-order chi connectivity index (χ1) is 11.2. The van der Waals surface area contributed by atoms with Gasteiger partial charge in [-0.05, 0) is 25.0 Å². The molecule has 0 unspecified atom stereocenters. The third-order valence-electron chi connectivity index (χ3n) is 4.02. The minimum atomic E-state index is -0.400. The zero-order valence-corrected chi connectivity index (χ0v) is 13.3. The van der Waals surface area contributed by atoms with Crippen LogP contribution in [0.15, 0.2) is 30.7 Å². The summed E-state index contributed by atoms with van der Waals surface area (Å²) < 4.78 is 19.2. The van der Waals surface area contributed by atoms with Crippen LogP contribution in [0, 0.1) is 5.82 Å². The fraction of sp³-hybridized carbons (Fsp3) is 0.471. The third kappa shape index (κ3) is 4.22. The number of rotatable bonds is 5. The van der Waals surface area contributed by atoms with Crippen LogP contribution in [0.5, 0.6) is 5.88 Å². The van der Waals surface area contributed by atoms with Gasteiger partial charge in [-0.25, -0.2) is 19.3 Å². The van der Waals surface area contributed by atoms with Crippen LogP contribution in [0.1, 0.15) is 31.2 Å². The zero-order valence-electron chi connectivity index (χ0n) is 13.3. The second-order valence-electron chi connectivity index (χ2n) is 5.74. The summed E-state index contributed by atoms with van der Waals surface area (Å²) in [5.41, 5.74) is 1.12. The number of hydrogen-bond donors (Lipinski definition) is 0.